The number of amides is 2. The molecule has 0 N–H and O–H groups in total. The van der Waals surface area contributed by atoms with Crippen molar-refractivity contribution in [3.8, 4) is 0 Å². The van der Waals surface area contributed by atoms with Crippen molar-refractivity contribution < 1.29 is 22.7 Å². The van der Waals surface area contributed by atoms with Gasteiger partial charge in [-0.15, -0.1) is 0 Å². The summed E-state index contributed by atoms with van der Waals surface area (Å²) in [5.41, 5.74) is 0. The smallest absolute Gasteiger partial charge is 0.282 e. The molecule has 1 aromatic rings. The Morgan fingerprint density at radius 3 is 2.40 bits per heavy atom. The second-order valence-corrected chi connectivity index (χ2v) is 10.3. The summed E-state index contributed by atoms with van der Waals surface area (Å²) in [4.78, 5) is 34.1. The lowest BCUT2D eigenvalue weighted by molar-refractivity contribution is -0.131. The number of morpholine rings is 1. The third kappa shape index (κ3) is 4.56. The molecular weight excluding hydrogens is 430 g/mol. The number of carbonyl (C=O) groups excluding carboxylic acids is 2. The zero-order chi connectivity index (χ0) is 21.1. The van der Waals surface area contributed by atoms with Gasteiger partial charge in [0.05, 0.1) is 13.2 Å². The van der Waals surface area contributed by atoms with Crippen LogP contribution in [-0.2, 0) is 19.6 Å². The molecule has 0 bridgehead atoms. The highest BCUT2D eigenvalue weighted by molar-refractivity contribution is 8.13. The lowest BCUT2D eigenvalue weighted by Gasteiger charge is -2.36. The summed E-state index contributed by atoms with van der Waals surface area (Å²) in [7, 11) is -3.56. The second kappa shape index (κ2) is 9.08. The molecule has 3 fully saturated rings. The Morgan fingerprint density at radius 1 is 1.07 bits per heavy atom. The molecule has 30 heavy (non-hydrogen) atoms. The molecule has 0 atom stereocenters. The molecule has 12 heteroatoms. The summed E-state index contributed by atoms with van der Waals surface area (Å²) in [6.45, 7) is 4.57. The Balaban J connectivity index is 1.32. The average molecular weight is 456 g/mol. The van der Waals surface area contributed by atoms with Crippen LogP contribution in [0.25, 0.3) is 0 Å². The van der Waals surface area contributed by atoms with Crippen molar-refractivity contribution in [2.75, 3.05) is 76.2 Å². The number of anilines is 1. The van der Waals surface area contributed by atoms with Gasteiger partial charge >= 0.3 is 0 Å². The fraction of sp³-hybridized carbons (Fsp3) is 0.611. The largest absolute Gasteiger partial charge is 0.379 e. The molecule has 0 aliphatic carbocycles. The highest BCUT2D eigenvalue weighted by Crippen LogP contribution is 2.21. The summed E-state index contributed by atoms with van der Waals surface area (Å²) in [5, 5.41) is -0.0293. The number of piperazine rings is 1. The van der Waals surface area contributed by atoms with E-state index in [4.69, 9.17) is 4.74 Å². The molecule has 3 aliphatic rings. The molecule has 0 radical (unpaired) electrons. The van der Waals surface area contributed by atoms with E-state index >= 15 is 0 Å². The van der Waals surface area contributed by atoms with Gasteiger partial charge in [-0.3, -0.25) is 9.59 Å². The third-order valence-electron chi connectivity index (χ3n) is 5.46. The molecule has 4 heterocycles. The van der Waals surface area contributed by atoms with Crippen LogP contribution in [0.1, 0.15) is 0 Å². The summed E-state index contributed by atoms with van der Waals surface area (Å²) in [5.74, 6) is 1.39. The summed E-state index contributed by atoms with van der Waals surface area (Å²) in [6, 6.07) is 3.30. The van der Waals surface area contributed by atoms with Crippen molar-refractivity contribution in [3.05, 3.63) is 18.3 Å². The van der Waals surface area contributed by atoms with Crippen LogP contribution in [0.5, 0.6) is 0 Å². The van der Waals surface area contributed by atoms with E-state index < -0.39 is 10.0 Å². The van der Waals surface area contributed by atoms with Crippen LogP contribution in [0.3, 0.4) is 0 Å². The first-order valence-electron chi connectivity index (χ1n) is 9.93. The predicted octanol–water partition coefficient (Wildman–Crippen LogP) is -0.0801. The second-order valence-electron chi connectivity index (χ2n) is 7.27. The van der Waals surface area contributed by atoms with Gasteiger partial charge in [-0.2, -0.15) is 4.31 Å². The van der Waals surface area contributed by atoms with E-state index in [1.807, 2.05) is 4.90 Å². The lowest BCUT2D eigenvalue weighted by atomic mass is 10.3. The Labute approximate surface area is 180 Å². The zero-order valence-electron chi connectivity index (χ0n) is 16.6. The highest BCUT2D eigenvalue weighted by atomic mass is 32.2. The molecule has 164 valence electrons. The van der Waals surface area contributed by atoms with E-state index in [2.05, 4.69) is 4.98 Å². The molecule has 3 aliphatic heterocycles. The number of pyridine rings is 1. The average Bonchev–Trinajstić information content (AvgIpc) is 3.19. The molecular formula is C18H25N5O5S2. The fourth-order valence-corrected chi connectivity index (χ4v) is 5.84. The van der Waals surface area contributed by atoms with Crippen LogP contribution in [-0.4, -0.2) is 110 Å². The Kier molecular flexibility index (Phi) is 6.46. The van der Waals surface area contributed by atoms with Crippen molar-refractivity contribution in [1.29, 1.82) is 0 Å². The van der Waals surface area contributed by atoms with Crippen molar-refractivity contribution >= 4 is 38.7 Å². The van der Waals surface area contributed by atoms with Gasteiger partial charge in [0.2, 0.25) is 15.9 Å². The molecule has 0 unspecified atom stereocenters. The third-order valence-corrected chi connectivity index (χ3v) is 8.23. The van der Waals surface area contributed by atoms with Gasteiger partial charge in [0, 0.05) is 57.8 Å². The number of hydrogen-bond donors (Lipinski definition) is 0. The van der Waals surface area contributed by atoms with E-state index in [1.54, 1.807) is 21.9 Å². The lowest BCUT2D eigenvalue weighted by Crippen LogP contribution is -2.51. The van der Waals surface area contributed by atoms with Crippen LogP contribution < -0.4 is 4.90 Å². The summed E-state index contributed by atoms with van der Waals surface area (Å²) >= 11 is 1.25. The molecule has 2 amide bonds. The van der Waals surface area contributed by atoms with E-state index in [0.717, 1.165) is 5.75 Å². The van der Waals surface area contributed by atoms with Crippen LogP contribution in [0, 0.1) is 0 Å². The minimum Gasteiger partial charge on any atom is -0.379 e. The van der Waals surface area contributed by atoms with E-state index in [1.165, 1.54) is 22.3 Å². The molecule has 0 saturated carbocycles. The van der Waals surface area contributed by atoms with Gasteiger partial charge in [-0.1, -0.05) is 11.8 Å². The maximum Gasteiger partial charge on any atom is 0.282 e. The Hall–Kier alpha value is -1.89. The monoisotopic (exact) mass is 455 g/mol. The molecule has 4 rings (SSSR count). The predicted molar refractivity (Wildman–Crippen MR) is 112 cm³/mol. The number of nitrogens with zero attached hydrogens (tertiary/aromatic N) is 5. The SMILES string of the molecule is O=C(CN1CCSC1=O)N1CCN(c2ccc(S(=O)(=O)N3CCOCC3)cn2)CC1. The molecule has 10 nitrogen and oxygen atoms in total. The highest BCUT2D eigenvalue weighted by Gasteiger charge is 2.29. The van der Waals surface area contributed by atoms with Gasteiger partial charge in [0.15, 0.2) is 0 Å². The summed E-state index contributed by atoms with van der Waals surface area (Å²) in [6.07, 6.45) is 1.40. The maximum atomic E-state index is 12.7. The zero-order valence-corrected chi connectivity index (χ0v) is 18.2. The van der Waals surface area contributed by atoms with Crippen molar-refractivity contribution in [3.63, 3.8) is 0 Å². The fourth-order valence-electron chi connectivity index (χ4n) is 3.67. The number of hydrogen-bond acceptors (Lipinski definition) is 8. The topological polar surface area (TPSA) is 103 Å². The maximum absolute atomic E-state index is 12.7. The first-order valence-corrected chi connectivity index (χ1v) is 12.4. The number of sulfonamides is 1. The minimum atomic E-state index is -3.56. The van der Waals surface area contributed by atoms with Gasteiger partial charge in [-0.25, -0.2) is 13.4 Å². The van der Waals surface area contributed by atoms with Gasteiger partial charge in [0.25, 0.3) is 5.24 Å². The number of thioether (sulfide) groups is 1. The van der Waals surface area contributed by atoms with Crippen LogP contribution >= 0.6 is 11.8 Å². The van der Waals surface area contributed by atoms with Gasteiger partial charge in [-0.05, 0) is 12.1 Å². The minimum absolute atomic E-state index is 0.0293. The molecule has 0 spiro atoms. The number of aromatic nitrogens is 1. The van der Waals surface area contributed by atoms with Crippen molar-refractivity contribution in [2.45, 2.75) is 4.90 Å². The Morgan fingerprint density at radius 2 is 1.80 bits per heavy atom. The first kappa shape index (κ1) is 21.3. The quantitative estimate of drug-likeness (QED) is 0.607. The summed E-state index contributed by atoms with van der Waals surface area (Å²) < 4.78 is 32.0. The normalized spacial score (nSPS) is 21.3. The molecule has 3 saturated heterocycles. The van der Waals surface area contributed by atoms with Crippen molar-refractivity contribution in [2.24, 2.45) is 0 Å². The van der Waals surface area contributed by atoms with E-state index in [9.17, 15) is 18.0 Å². The molecule has 1 aromatic heterocycles. The van der Waals surface area contributed by atoms with Crippen molar-refractivity contribution in [1.82, 2.24) is 19.1 Å². The van der Waals surface area contributed by atoms with E-state index in [0.29, 0.717) is 64.8 Å². The van der Waals surface area contributed by atoms with Crippen LogP contribution in [0.15, 0.2) is 23.2 Å². The molecule has 0 aromatic carbocycles. The number of carbonyl (C=O) groups is 2. The number of ether oxygens (including phenoxy) is 1. The van der Waals surface area contributed by atoms with Crippen LogP contribution in [0.2, 0.25) is 0 Å². The number of rotatable bonds is 5. The standard InChI is InChI=1S/C18H25N5O5S2/c24-17(14-22-9-12-29-18(22)25)21-5-3-20(4-6-21)16-2-1-15(13-19-16)30(26,27)23-7-10-28-11-8-23/h1-2,13H,3-12,14H2. The van der Waals surface area contributed by atoms with Gasteiger partial charge in [0.1, 0.15) is 17.3 Å². The van der Waals surface area contributed by atoms with E-state index in [-0.39, 0.29) is 22.6 Å². The van der Waals surface area contributed by atoms with Crippen LogP contribution in [0.4, 0.5) is 10.6 Å². The first-order chi connectivity index (χ1) is 14.4. The Bertz CT molecular complexity index is 881. The van der Waals surface area contributed by atoms with Gasteiger partial charge < -0.3 is 19.4 Å².